The number of hydrogen-bond acceptors (Lipinski definition) is 5. The highest BCUT2D eigenvalue weighted by Crippen LogP contribution is 2.21. The molecule has 2 aromatic rings. The van der Waals surface area contributed by atoms with Crippen molar-refractivity contribution < 1.29 is 9.53 Å². The van der Waals surface area contributed by atoms with Gasteiger partial charge in [-0.05, 0) is 43.7 Å². The quantitative estimate of drug-likeness (QED) is 0.693. The minimum Gasteiger partial charge on any atom is -0.459 e. The second-order valence-corrected chi connectivity index (χ2v) is 7.64. The number of hydrogen-bond donors (Lipinski definition) is 0. The van der Waals surface area contributed by atoms with Gasteiger partial charge in [-0.3, -0.25) is 4.90 Å². The molecule has 1 aliphatic heterocycles. The molecule has 0 unspecified atom stereocenters. The summed E-state index contributed by atoms with van der Waals surface area (Å²) in [6.07, 6.45) is 1.59. The van der Waals surface area contributed by atoms with Crippen molar-refractivity contribution in [3.63, 3.8) is 0 Å². The molecule has 5 nitrogen and oxygen atoms in total. The second kappa shape index (κ2) is 8.64. The molecule has 0 atom stereocenters. The van der Waals surface area contributed by atoms with Gasteiger partial charge in [0.05, 0.1) is 6.10 Å². The zero-order chi connectivity index (χ0) is 18.5. The number of halogens is 1. The molecule has 0 amide bonds. The van der Waals surface area contributed by atoms with Gasteiger partial charge >= 0.3 is 5.97 Å². The lowest BCUT2D eigenvalue weighted by Crippen LogP contribution is -2.46. The highest BCUT2D eigenvalue weighted by Gasteiger charge is 2.23. The molecular weight excluding hydrogens is 394 g/mol. The molecule has 0 spiro atoms. The fourth-order valence-corrected chi connectivity index (χ4v) is 3.54. The van der Waals surface area contributed by atoms with Crippen molar-refractivity contribution in [2.75, 3.05) is 31.1 Å². The number of carbonyl (C=O) groups excluding carboxylic acids is 1. The average Bonchev–Trinajstić information content (AvgIpc) is 2.62. The Labute approximate surface area is 163 Å². The third-order valence-electron chi connectivity index (χ3n) is 4.32. The Hall–Kier alpha value is -1.92. The molecule has 0 aliphatic carbocycles. The number of ether oxygens (including phenoxy) is 1. The van der Waals surface area contributed by atoms with E-state index in [0.717, 1.165) is 43.0 Å². The minimum absolute atomic E-state index is 0.141. The average molecular weight is 418 g/mol. The number of aromatic nitrogens is 1. The van der Waals surface area contributed by atoms with Crippen LogP contribution in [0.4, 0.5) is 5.82 Å². The third kappa shape index (κ3) is 4.83. The van der Waals surface area contributed by atoms with Gasteiger partial charge in [-0.1, -0.05) is 28.1 Å². The van der Waals surface area contributed by atoms with Crippen molar-refractivity contribution in [2.45, 2.75) is 26.5 Å². The van der Waals surface area contributed by atoms with Gasteiger partial charge in [-0.15, -0.1) is 0 Å². The van der Waals surface area contributed by atoms with Gasteiger partial charge in [-0.25, -0.2) is 9.78 Å². The van der Waals surface area contributed by atoms with E-state index in [4.69, 9.17) is 4.74 Å². The van der Waals surface area contributed by atoms with E-state index in [1.54, 1.807) is 18.3 Å². The molecule has 2 heterocycles. The first-order chi connectivity index (χ1) is 12.5. The number of rotatable bonds is 5. The standard InChI is InChI=1S/C20H24BrN3O2/c1-15(2)26-20(25)18-7-4-8-22-19(18)24-11-9-23(10-12-24)14-16-5-3-6-17(21)13-16/h3-8,13,15H,9-12,14H2,1-2H3. The first-order valence-electron chi connectivity index (χ1n) is 8.90. The van der Waals surface area contributed by atoms with E-state index < -0.39 is 0 Å². The molecule has 138 valence electrons. The first-order valence-corrected chi connectivity index (χ1v) is 9.70. The van der Waals surface area contributed by atoms with Crippen molar-refractivity contribution in [1.82, 2.24) is 9.88 Å². The van der Waals surface area contributed by atoms with Crippen molar-refractivity contribution in [3.8, 4) is 0 Å². The summed E-state index contributed by atoms with van der Waals surface area (Å²) in [6.45, 7) is 8.19. The zero-order valence-electron chi connectivity index (χ0n) is 15.2. The Balaban J connectivity index is 1.64. The van der Waals surface area contributed by atoms with Gasteiger partial charge in [0.2, 0.25) is 0 Å². The number of anilines is 1. The van der Waals surface area contributed by atoms with Crippen LogP contribution in [-0.2, 0) is 11.3 Å². The highest BCUT2D eigenvalue weighted by molar-refractivity contribution is 9.10. The Bertz CT molecular complexity index is 758. The van der Waals surface area contributed by atoms with Gasteiger partial charge in [0.1, 0.15) is 11.4 Å². The van der Waals surface area contributed by atoms with Crippen LogP contribution < -0.4 is 4.90 Å². The molecule has 0 saturated carbocycles. The summed E-state index contributed by atoms with van der Waals surface area (Å²) in [4.78, 5) is 21.4. The molecule has 1 aliphatic rings. The summed E-state index contributed by atoms with van der Waals surface area (Å²) in [7, 11) is 0. The van der Waals surface area contributed by atoms with Crippen LogP contribution in [0.5, 0.6) is 0 Å². The van der Waals surface area contributed by atoms with Crippen molar-refractivity contribution >= 4 is 27.7 Å². The van der Waals surface area contributed by atoms with E-state index in [0.29, 0.717) is 5.56 Å². The van der Waals surface area contributed by atoms with E-state index in [1.807, 2.05) is 19.9 Å². The maximum absolute atomic E-state index is 12.4. The van der Waals surface area contributed by atoms with E-state index >= 15 is 0 Å². The Morgan fingerprint density at radius 2 is 1.96 bits per heavy atom. The van der Waals surface area contributed by atoms with Gasteiger partial charge < -0.3 is 9.64 Å². The van der Waals surface area contributed by atoms with E-state index in [1.165, 1.54) is 5.56 Å². The number of benzene rings is 1. The van der Waals surface area contributed by atoms with E-state index in [9.17, 15) is 4.79 Å². The Morgan fingerprint density at radius 1 is 1.19 bits per heavy atom. The number of esters is 1. The molecule has 3 rings (SSSR count). The van der Waals surface area contributed by atoms with Crippen molar-refractivity contribution in [3.05, 3.63) is 58.2 Å². The fourth-order valence-electron chi connectivity index (χ4n) is 3.10. The summed E-state index contributed by atoms with van der Waals surface area (Å²) in [5.74, 6) is 0.417. The fraction of sp³-hybridized carbons (Fsp3) is 0.400. The SMILES string of the molecule is CC(C)OC(=O)c1cccnc1N1CCN(Cc2cccc(Br)c2)CC1. The van der Waals surface area contributed by atoms with Gasteiger partial charge in [0.15, 0.2) is 0 Å². The number of nitrogens with zero attached hydrogens (tertiary/aromatic N) is 3. The Morgan fingerprint density at radius 3 is 2.65 bits per heavy atom. The summed E-state index contributed by atoms with van der Waals surface area (Å²) in [6, 6.07) is 12.0. The predicted octanol–water partition coefficient (Wildman–Crippen LogP) is 3.73. The van der Waals surface area contributed by atoms with E-state index in [2.05, 4.69) is 48.9 Å². The predicted molar refractivity (Wildman–Crippen MR) is 106 cm³/mol. The number of pyridine rings is 1. The normalized spacial score (nSPS) is 15.3. The van der Waals surface area contributed by atoms with Crippen LogP contribution in [0.1, 0.15) is 29.8 Å². The van der Waals surface area contributed by atoms with Crippen LogP contribution >= 0.6 is 15.9 Å². The lowest BCUT2D eigenvalue weighted by molar-refractivity contribution is 0.0378. The maximum Gasteiger partial charge on any atom is 0.342 e. The lowest BCUT2D eigenvalue weighted by atomic mass is 10.2. The Kier molecular flexibility index (Phi) is 6.27. The molecule has 0 radical (unpaired) electrons. The molecule has 1 aromatic heterocycles. The largest absolute Gasteiger partial charge is 0.459 e. The van der Waals surface area contributed by atoms with Crippen LogP contribution in [0, 0.1) is 0 Å². The first kappa shape index (κ1) is 18.9. The van der Waals surface area contributed by atoms with Crippen LogP contribution in [-0.4, -0.2) is 48.1 Å². The van der Waals surface area contributed by atoms with Crippen molar-refractivity contribution in [2.24, 2.45) is 0 Å². The van der Waals surface area contributed by atoms with Gasteiger partial charge in [0.25, 0.3) is 0 Å². The zero-order valence-corrected chi connectivity index (χ0v) is 16.8. The molecule has 1 aromatic carbocycles. The summed E-state index contributed by atoms with van der Waals surface area (Å²) in [5.41, 5.74) is 1.84. The summed E-state index contributed by atoms with van der Waals surface area (Å²) >= 11 is 3.53. The van der Waals surface area contributed by atoms with Crippen LogP contribution in [0.15, 0.2) is 47.1 Å². The van der Waals surface area contributed by atoms with Crippen LogP contribution in [0.25, 0.3) is 0 Å². The minimum atomic E-state index is -0.306. The van der Waals surface area contributed by atoms with Crippen LogP contribution in [0.2, 0.25) is 0 Å². The van der Waals surface area contributed by atoms with Gasteiger partial charge in [-0.2, -0.15) is 0 Å². The van der Waals surface area contributed by atoms with Crippen molar-refractivity contribution in [1.29, 1.82) is 0 Å². The second-order valence-electron chi connectivity index (χ2n) is 6.72. The topological polar surface area (TPSA) is 45.7 Å². The number of piperazine rings is 1. The molecule has 0 N–H and O–H groups in total. The maximum atomic E-state index is 12.4. The summed E-state index contributed by atoms with van der Waals surface area (Å²) in [5, 5.41) is 0. The highest BCUT2D eigenvalue weighted by atomic mass is 79.9. The molecule has 6 heteroatoms. The molecule has 0 bridgehead atoms. The monoisotopic (exact) mass is 417 g/mol. The molecule has 1 fully saturated rings. The van der Waals surface area contributed by atoms with Crippen LogP contribution in [0.3, 0.4) is 0 Å². The lowest BCUT2D eigenvalue weighted by Gasteiger charge is -2.36. The molecule has 26 heavy (non-hydrogen) atoms. The summed E-state index contributed by atoms with van der Waals surface area (Å²) < 4.78 is 6.47. The van der Waals surface area contributed by atoms with Gasteiger partial charge in [0, 0.05) is 43.4 Å². The van der Waals surface area contributed by atoms with E-state index in [-0.39, 0.29) is 12.1 Å². The third-order valence-corrected chi connectivity index (χ3v) is 4.81. The molecule has 1 saturated heterocycles. The number of carbonyl (C=O) groups is 1. The smallest absolute Gasteiger partial charge is 0.342 e. The molecular formula is C20H24BrN3O2.